The second kappa shape index (κ2) is 7.83. The molecule has 0 fully saturated rings. The SMILES string of the molecule is O=C(O)c1cc(F)c(F)cc1NC1(Cc2cccc(Cl)c2)C(=O)Nc2cc(Cl)ccc21. The Kier molecular flexibility index (Phi) is 5.33. The third-order valence-electron chi connectivity index (χ3n) is 5.07. The Balaban J connectivity index is 1.91. The average molecular weight is 463 g/mol. The second-order valence-corrected chi connectivity index (χ2v) is 7.97. The zero-order valence-electron chi connectivity index (χ0n) is 15.7. The van der Waals surface area contributed by atoms with E-state index in [0.717, 1.165) is 6.07 Å². The van der Waals surface area contributed by atoms with E-state index in [1.807, 2.05) is 0 Å². The molecule has 0 radical (unpaired) electrons. The lowest BCUT2D eigenvalue weighted by Gasteiger charge is -2.31. The molecular weight excluding hydrogens is 449 g/mol. The average Bonchev–Trinajstić information content (AvgIpc) is 2.94. The molecule has 1 unspecified atom stereocenters. The van der Waals surface area contributed by atoms with Gasteiger partial charge in [-0.2, -0.15) is 0 Å². The highest BCUT2D eigenvalue weighted by Gasteiger charge is 2.47. The Bertz CT molecular complexity index is 1240. The molecule has 0 spiro atoms. The summed E-state index contributed by atoms with van der Waals surface area (Å²) in [5.74, 6) is -4.55. The first-order valence-corrected chi connectivity index (χ1v) is 9.81. The molecule has 9 heteroatoms. The number of anilines is 2. The number of hydrogen-bond donors (Lipinski definition) is 3. The normalized spacial score (nSPS) is 17.2. The zero-order chi connectivity index (χ0) is 22.3. The van der Waals surface area contributed by atoms with Gasteiger partial charge in [-0.3, -0.25) is 4.79 Å². The number of halogens is 4. The molecule has 3 aromatic rings. The molecule has 1 amide bonds. The number of fused-ring (bicyclic) bond motifs is 1. The summed E-state index contributed by atoms with van der Waals surface area (Å²) in [5.41, 5.74) is -0.725. The Morgan fingerprint density at radius 1 is 1.03 bits per heavy atom. The fraction of sp³-hybridized carbons (Fsp3) is 0.0909. The van der Waals surface area contributed by atoms with E-state index in [2.05, 4.69) is 10.6 Å². The van der Waals surface area contributed by atoms with Crippen molar-refractivity contribution in [1.29, 1.82) is 0 Å². The fourth-order valence-corrected chi connectivity index (χ4v) is 4.08. The molecule has 4 rings (SSSR count). The van der Waals surface area contributed by atoms with Crippen LogP contribution in [0.4, 0.5) is 20.2 Å². The molecule has 1 heterocycles. The van der Waals surface area contributed by atoms with Crippen LogP contribution < -0.4 is 10.6 Å². The molecule has 0 saturated carbocycles. The topological polar surface area (TPSA) is 78.4 Å². The van der Waals surface area contributed by atoms with Crippen LogP contribution in [-0.4, -0.2) is 17.0 Å². The predicted octanol–water partition coefficient (Wildman–Crippen LogP) is 5.47. The van der Waals surface area contributed by atoms with E-state index in [4.69, 9.17) is 23.2 Å². The number of nitrogens with one attached hydrogen (secondary N) is 2. The highest BCUT2D eigenvalue weighted by molar-refractivity contribution is 6.31. The number of hydrogen-bond acceptors (Lipinski definition) is 3. The van der Waals surface area contributed by atoms with Crippen LogP contribution in [0.1, 0.15) is 21.5 Å². The molecule has 31 heavy (non-hydrogen) atoms. The molecule has 1 aliphatic rings. The highest BCUT2D eigenvalue weighted by atomic mass is 35.5. The van der Waals surface area contributed by atoms with E-state index in [9.17, 15) is 23.5 Å². The van der Waals surface area contributed by atoms with Gasteiger partial charge >= 0.3 is 5.97 Å². The van der Waals surface area contributed by atoms with Gasteiger partial charge in [-0.1, -0.05) is 41.4 Å². The molecule has 0 aromatic heterocycles. The van der Waals surface area contributed by atoms with Crippen molar-refractivity contribution >= 4 is 46.5 Å². The number of benzene rings is 3. The minimum absolute atomic E-state index is 0.0477. The Hall–Kier alpha value is -3.16. The third kappa shape index (κ3) is 3.82. The van der Waals surface area contributed by atoms with Crippen molar-refractivity contribution in [3.05, 3.63) is 93.0 Å². The van der Waals surface area contributed by atoms with Crippen LogP contribution >= 0.6 is 23.2 Å². The minimum Gasteiger partial charge on any atom is -0.478 e. The number of carboxylic acids is 1. The van der Waals surface area contributed by atoms with Gasteiger partial charge < -0.3 is 15.7 Å². The van der Waals surface area contributed by atoms with Crippen LogP contribution in [0.3, 0.4) is 0 Å². The van der Waals surface area contributed by atoms with Crippen molar-refractivity contribution in [3.8, 4) is 0 Å². The van der Waals surface area contributed by atoms with E-state index in [0.29, 0.717) is 32.9 Å². The number of carbonyl (C=O) groups is 2. The summed E-state index contributed by atoms with van der Waals surface area (Å²) in [6.07, 6.45) is 0.0477. The summed E-state index contributed by atoms with van der Waals surface area (Å²) in [6.45, 7) is 0. The summed E-state index contributed by atoms with van der Waals surface area (Å²) >= 11 is 12.1. The lowest BCUT2D eigenvalue weighted by atomic mass is 9.84. The Labute approximate surface area is 185 Å². The summed E-state index contributed by atoms with van der Waals surface area (Å²) in [5, 5.41) is 15.9. The minimum atomic E-state index is -1.53. The van der Waals surface area contributed by atoms with Gasteiger partial charge in [0.15, 0.2) is 11.6 Å². The first kappa shape index (κ1) is 21.1. The van der Waals surface area contributed by atoms with E-state index < -0.39 is 34.6 Å². The molecule has 1 aliphatic heterocycles. The largest absolute Gasteiger partial charge is 0.478 e. The molecule has 1 atom stereocenters. The van der Waals surface area contributed by atoms with Crippen LogP contribution in [0.2, 0.25) is 10.0 Å². The van der Waals surface area contributed by atoms with E-state index in [1.165, 1.54) is 0 Å². The van der Waals surface area contributed by atoms with Gasteiger partial charge in [-0.25, -0.2) is 13.6 Å². The molecule has 0 bridgehead atoms. The van der Waals surface area contributed by atoms with Gasteiger partial charge in [0.05, 0.1) is 11.3 Å². The van der Waals surface area contributed by atoms with Crippen molar-refractivity contribution in [2.75, 3.05) is 10.6 Å². The molecule has 0 saturated heterocycles. The number of carboxylic acid groups (broad SMARTS) is 1. The number of amides is 1. The number of rotatable bonds is 5. The van der Waals surface area contributed by atoms with Crippen LogP contribution in [-0.2, 0) is 16.8 Å². The maximum Gasteiger partial charge on any atom is 0.337 e. The smallest absolute Gasteiger partial charge is 0.337 e. The maximum atomic E-state index is 14.0. The molecule has 3 aromatic carbocycles. The molecule has 5 nitrogen and oxygen atoms in total. The standard InChI is InChI=1S/C22H14Cl2F2N2O3/c23-12-3-1-2-11(6-12)10-22(15-5-4-13(24)7-19(15)27-21(22)31)28-18-9-17(26)16(25)8-14(18)20(29)30/h1-9,28H,10H2,(H,27,31)(H,29,30). The summed E-state index contributed by atoms with van der Waals surface area (Å²) < 4.78 is 27.7. The number of aromatic carboxylic acids is 1. The highest BCUT2D eigenvalue weighted by Crippen LogP contribution is 2.43. The van der Waals surface area contributed by atoms with Gasteiger partial charge in [0.25, 0.3) is 5.91 Å². The first-order valence-electron chi connectivity index (χ1n) is 9.06. The van der Waals surface area contributed by atoms with Crippen molar-refractivity contribution < 1.29 is 23.5 Å². The lowest BCUT2D eigenvalue weighted by molar-refractivity contribution is -0.119. The number of carbonyl (C=O) groups excluding carboxylic acids is 1. The third-order valence-corrected chi connectivity index (χ3v) is 5.54. The predicted molar refractivity (Wildman–Crippen MR) is 114 cm³/mol. The lowest BCUT2D eigenvalue weighted by Crippen LogP contribution is -2.44. The molecule has 0 aliphatic carbocycles. The first-order chi connectivity index (χ1) is 14.7. The van der Waals surface area contributed by atoms with Crippen molar-refractivity contribution in [2.24, 2.45) is 0 Å². The quantitative estimate of drug-likeness (QED) is 0.469. The van der Waals surface area contributed by atoms with E-state index in [1.54, 1.807) is 42.5 Å². The van der Waals surface area contributed by atoms with E-state index in [-0.39, 0.29) is 12.1 Å². The summed E-state index contributed by atoms with van der Waals surface area (Å²) in [4.78, 5) is 24.9. The van der Waals surface area contributed by atoms with Crippen LogP contribution in [0, 0.1) is 11.6 Å². The Morgan fingerprint density at radius 2 is 1.74 bits per heavy atom. The van der Waals surface area contributed by atoms with Crippen molar-refractivity contribution in [3.63, 3.8) is 0 Å². The van der Waals surface area contributed by atoms with E-state index >= 15 is 0 Å². The summed E-state index contributed by atoms with van der Waals surface area (Å²) in [7, 11) is 0. The van der Waals surface area contributed by atoms with Gasteiger partial charge in [0, 0.05) is 33.8 Å². The zero-order valence-corrected chi connectivity index (χ0v) is 17.2. The van der Waals surface area contributed by atoms with Crippen LogP contribution in [0.25, 0.3) is 0 Å². The maximum absolute atomic E-state index is 14.0. The monoisotopic (exact) mass is 462 g/mol. The van der Waals surface area contributed by atoms with Gasteiger partial charge in [-0.15, -0.1) is 0 Å². The van der Waals surface area contributed by atoms with Crippen LogP contribution in [0.5, 0.6) is 0 Å². The second-order valence-electron chi connectivity index (χ2n) is 7.10. The van der Waals surface area contributed by atoms with Gasteiger partial charge in [0.1, 0.15) is 5.54 Å². The van der Waals surface area contributed by atoms with Crippen LogP contribution in [0.15, 0.2) is 54.6 Å². The van der Waals surface area contributed by atoms with Gasteiger partial charge in [-0.05, 0) is 35.9 Å². The summed E-state index contributed by atoms with van der Waals surface area (Å²) in [6, 6.07) is 12.8. The molecule has 158 valence electrons. The van der Waals surface area contributed by atoms with Gasteiger partial charge in [0.2, 0.25) is 0 Å². The Morgan fingerprint density at radius 3 is 2.45 bits per heavy atom. The molecule has 3 N–H and O–H groups in total. The van der Waals surface area contributed by atoms with Crippen molar-refractivity contribution in [1.82, 2.24) is 0 Å². The van der Waals surface area contributed by atoms with Crippen molar-refractivity contribution in [2.45, 2.75) is 12.0 Å². The fourth-order valence-electron chi connectivity index (χ4n) is 3.70. The molecular formula is C22H14Cl2F2N2O3.